The molecule has 4 nitrogen and oxygen atoms in total. The lowest BCUT2D eigenvalue weighted by Gasteiger charge is -2.08. The lowest BCUT2D eigenvalue weighted by molar-refractivity contribution is -0.115. The third kappa shape index (κ3) is 3.81. The van der Waals surface area contributed by atoms with Gasteiger partial charge in [0.2, 0.25) is 5.91 Å². The van der Waals surface area contributed by atoms with Crippen LogP contribution in [-0.4, -0.2) is 10.9 Å². The molecule has 1 heterocycles. The molecular formula is C15H17N3O. The summed E-state index contributed by atoms with van der Waals surface area (Å²) in [5.41, 5.74) is 3.11. The first-order chi connectivity index (χ1) is 9.17. The van der Waals surface area contributed by atoms with Gasteiger partial charge in [-0.05, 0) is 36.8 Å². The molecule has 0 saturated carbocycles. The minimum absolute atomic E-state index is 0.0353. The van der Waals surface area contributed by atoms with Gasteiger partial charge in [0.1, 0.15) is 5.82 Å². The Labute approximate surface area is 112 Å². The van der Waals surface area contributed by atoms with Crippen LogP contribution in [0, 0.1) is 6.92 Å². The van der Waals surface area contributed by atoms with Gasteiger partial charge in [-0.15, -0.1) is 0 Å². The Kier molecular flexibility index (Phi) is 4.13. The molecular weight excluding hydrogens is 238 g/mol. The summed E-state index contributed by atoms with van der Waals surface area (Å²) >= 11 is 0. The fraction of sp³-hybridized carbons (Fsp3) is 0.200. The Morgan fingerprint density at radius 3 is 2.68 bits per heavy atom. The zero-order valence-corrected chi connectivity index (χ0v) is 11.1. The molecule has 0 bridgehead atoms. The molecule has 2 aromatic rings. The van der Waals surface area contributed by atoms with Gasteiger partial charge >= 0.3 is 0 Å². The molecule has 0 aliphatic rings. The summed E-state index contributed by atoms with van der Waals surface area (Å²) in [5, 5.41) is 5.98. The van der Waals surface area contributed by atoms with Crippen LogP contribution in [0.15, 0.2) is 42.6 Å². The summed E-state index contributed by atoms with van der Waals surface area (Å²) in [7, 11) is 0. The zero-order valence-electron chi connectivity index (χ0n) is 11.1. The summed E-state index contributed by atoms with van der Waals surface area (Å²) in [5.74, 6) is 0.536. The molecule has 1 amide bonds. The van der Waals surface area contributed by atoms with Crippen LogP contribution in [0.3, 0.4) is 0 Å². The molecule has 2 N–H and O–H groups in total. The average Bonchev–Trinajstić information content (AvgIpc) is 2.41. The van der Waals surface area contributed by atoms with Crippen LogP contribution in [0.4, 0.5) is 17.2 Å². The predicted octanol–water partition coefficient (Wildman–Crippen LogP) is 3.48. The minimum Gasteiger partial charge on any atom is -0.354 e. The van der Waals surface area contributed by atoms with Crippen molar-refractivity contribution in [1.29, 1.82) is 0 Å². The summed E-state index contributed by atoms with van der Waals surface area (Å²) in [6.07, 6.45) is 2.15. The van der Waals surface area contributed by atoms with Gasteiger partial charge in [0, 0.05) is 12.1 Å². The van der Waals surface area contributed by atoms with E-state index in [1.165, 1.54) is 5.56 Å². The molecule has 0 spiro atoms. The van der Waals surface area contributed by atoms with E-state index in [-0.39, 0.29) is 5.91 Å². The molecule has 4 heteroatoms. The summed E-state index contributed by atoms with van der Waals surface area (Å²) in [6, 6.07) is 11.8. The molecule has 2 rings (SSSR count). The standard InChI is InChI=1S/C15H17N3O/c1-3-15(19)18-14-8-7-13(10-16-14)17-12-6-4-5-11(2)9-12/h4-10,17H,3H2,1-2H3,(H,16,18,19). The van der Waals surface area contributed by atoms with Gasteiger partial charge in [-0.2, -0.15) is 0 Å². The van der Waals surface area contributed by atoms with Gasteiger partial charge in [0.25, 0.3) is 0 Å². The molecule has 19 heavy (non-hydrogen) atoms. The summed E-state index contributed by atoms with van der Waals surface area (Å²) < 4.78 is 0. The van der Waals surface area contributed by atoms with E-state index in [1.54, 1.807) is 12.3 Å². The van der Waals surface area contributed by atoms with Crippen LogP contribution >= 0.6 is 0 Å². The van der Waals surface area contributed by atoms with Crippen LogP contribution in [0.1, 0.15) is 18.9 Å². The van der Waals surface area contributed by atoms with E-state index in [1.807, 2.05) is 38.1 Å². The highest BCUT2D eigenvalue weighted by atomic mass is 16.1. The van der Waals surface area contributed by atoms with Crippen molar-refractivity contribution in [3.8, 4) is 0 Å². The zero-order chi connectivity index (χ0) is 13.7. The van der Waals surface area contributed by atoms with Gasteiger partial charge in [-0.3, -0.25) is 4.79 Å². The molecule has 0 radical (unpaired) electrons. The maximum absolute atomic E-state index is 11.2. The van der Waals surface area contributed by atoms with Gasteiger partial charge in [0.05, 0.1) is 11.9 Å². The highest BCUT2D eigenvalue weighted by Gasteiger charge is 2.00. The van der Waals surface area contributed by atoms with Crippen molar-refractivity contribution in [3.05, 3.63) is 48.2 Å². The van der Waals surface area contributed by atoms with Crippen molar-refractivity contribution in [2.24, 2.45) is 0 Å². The summed E-state index contributed by atoms with van der Waals surface area (Å²) in [4.78, 5) is 15.4. The predicted molar refractivity (Wildman–Crippen MR) is 77.6 cm³/mol. The van der Waals surface area contributed by atoms with Crippen LogP contribution in [0.2, 0.25) is 0 Å². The van der Waals surface area contributed by atoms with Gasteiger partial charge in [-0.1, -0.05) is 19.1 Å². The molecule has 0 fully saturated rings. The van der Waals surface area contributed by atoms with Gasteiger partial charge < -0.3 is 10.6 Å². The quantitative estimate of drug-likeness (QED) is 0.879. The van der Waals surface area contributed by atoms with Crippen molar-refractivity contribution in [3.63, 3.8) is 0 Å². The number of nitrogens with zero attached hydrogens (tertiary/aromatic N) is 1. The van der Waals surface area contributed by atoms with Crippen molar-refractivity contribution < 1.29 is 4.79 Å². The first-order valence-corrected chi connectivity index (χ1v) is 6.27. The van der Waals surface area contributed by atoms with Gasteiger partial charge in [-0.25, -0.2) is 4.98 Å². The molecule has 0 atom stereocenters. The van der Waals surface area contributed by atoms with Crippen LogP contribution < -0.4 is 10.6 Å². The summed E-state index contributed by atoms with van der Waals surface area (Å²) in [6.45, 7) is 3.86. The number of hydrogen-bond donors (Lipinski definition) is 2. The molecule has 1 aromatic heterocycles. The first kappa shape index (κ1) is 13.1. The second-order valence-electron chi connectivity index (χ2n) is 4.33. The van der Waals surface area contributed by atoms with E-state index in [2.05, 4.69) is 21.7 Å². The lowest BCUT2D eigenvalue weighted by Crippen LogP contribution is -2.10. The Bertz CT molecular complexity index is 564. The normalized spacial score (nSPS) is 10.0. The second-order valence-corrected chi connectivity index (χ2v) is 4.33. The molecule has 0 aliphatic heterocycles. The van der Waals surface area contributed by atoms with Crippen molar-refractivity contribution >= 4 is 23.1 Å². The Morgan fingerprint density at radius 1 is 1.21 bits per heavy atom. The highest BCUT2D eigenvalue weighted by Crippen LogP contribution is 2.17. The number of rotatable bonds is 4. The fourth-order valence-corrected chi connectivity index (χ4v) is 1.66. The molecule has 0 aliphatic carbocycles. The number of carbonyl (C=O) groups excluding carboxylic acids is 1. The maximum Gasteiger partial charge on any atom is 0.225 e. The van der Waals surface area contributed by atoms with E-state index < -0.39 is 0 Å². The van der Waals surface area contributed by atoms with E-state index >= 15 is 0 Å². The monoisotopic (exact) mass is 255 g/mol. The number of carbonyl (C=O) groups is 1. The Morgan fingerprint density at radius 2 is 2.05 bits per heavy atom. The Balaban J connectivity index is 2.04. The molecule has 0 saturated heterocycles. The number of anilines is 3. The maximum atomic E-state index is 11.2. The largest absolute Gasteiger partial charge is 0.354 e. The van der Waals surface area contributed by atoms with Crippen molar-refractivity contribution in [2.45, 2.75) is 20.3 Å². The van der Waals surface area contributed by atoms with Crippen LogP contribution in [-0.2, 0) is 4.79 Å². The third-order valence-corrected chi connectivity index (χ3v) is 2.66. The van der Waals surface area contributed by atoms with Crippen molar-refractivity contribution in [2.75, 3.05) is 10.6 Å². The lowest BCUT2D eigenvalue weighted by atomic mass is 10.2. The second kappa shape index (κ2) is 6.00. The average molecular weight is 255 g/mol. The number of nitrogens with one attached hydrogen (secondary N) is 2. The van der Waals surface area contributed by atoms with Crippen molar-refractivity contribution in [1.82, 2.24) is 4.98 Å². The number of amides is 1. The smallest absolute Gasteiger partial charge is 0.225 e. The SMILES string of the molecule is CCC(=O)Nc1ccc(Nc2cccc(C)c2)cn1. The van der Waals surface area contributed by atoms with E-state index in [0.717, 1.165) is 11.4 Å². The highest BCUT2D eigenvalue weighted by molar-refractivity contribution is 5.89. The van der Waals surface area contributed by atoms with Gasteiger partial charge in [0.15, 0.2) is 0 Å². The Hall–Kier alpha value is -2.36. The number of benzene rings is 1. The van der Waals surface area contributed by atoms with Crippen LogP contribution in [0.25, 0.3) is 0 Å². The van der Waals surface area contributed by atoms with E-state index in [4.69, 9.17) is 0 Å². The third-order valence-electron chi connectivity index (χ3n) is 2.66. The van der Waals surface area contributed by atoms with E-state index in [9.17, 15) is 4.79 Å². The number of pyridine rings is 1. The molecule has 1 aromatic carbocycles. The number of aromatic nitrogens is 1. The first-order valence-electron chi connectivity index (χ1n) is 6.27. The number of aryl methyl sites for hydroxylation is 1. The fourth-order valence-electron chi connectivity index (χ4n) is 1.66. The minimum atomic E-state index is -0.0353. The van der Waals surface area contributed by atoms with E-state index in [0.29, 0.717) is 12.2 Å². The number of hydrogen-bond acceptors (Lipinski definition) is 3. The molecule has 0 unspecified atom stereocenters. The van der Waals surface area contributed by atoms with Crippen LogP contribution in [0.5, 0.6) is 0 Å². The topological polar surface area (TPSA) is 54.0 Å². The molecule has 98 valence electrons.